The van der Waals surface area contributed by atoms with E-state index < -0.39 is 22.9 Å². The first-order valence-electron chi connectivity index (χ1n) is 8.22. The summed E-state index contributed by atoms with van der Waals surface area (Å²) in [4.78, 5) is 15.7. The molecule has 7 nitrogen and oxygen atoms in total. The van der Waals surface area contributed by atoms with Crippen LogP contribution in [0.15, 0.2) is 30.5 Å². The van der Waals surface area contributed by atoms with E-state index in [9.17, 15) is 14.1 Å². The molecule has 3 N–H and O–H groups in total. The highest BCUT2D eigenvalue weighted by atomic mass is 32.2. The molecular formula is C17H19FN4O3S. The first-order valence-corrected chi connectivity index (χ1v) is 9.32. The molecule has 0 spiro atoms. The summed E-state index contributed by atoms with van der Waals surface area (Å²) >= 11 is -1.93. The molecule has 1 fully saturated rings. The number of phenolic OH excluding ortho intramolecular Hbond substituents is 1. The van der Waals surface area contributed by atoms with E-state index in [2.05, 4.69) is 21.9 Å². The van der Waals surface area contributed by atoms with Crippen LogP contribution in [0.2, 0.25) is 0 Å². The Morgan fingerprint density at radius 1 is 1.38 bits per heavy atom. The quantitative estimate of drug-likeness (QED) is 0.671. The molecule has 0 radical (unpaired) electrons. The van der Waals surface area contributed by atoms with Crippen LogP contribution in [-0.2, 0) is 16.0 Å². The van der Waals surface area contributed by atoms with E-state index in [1.807, 2.05) is 0 Å². The van der Waals surface area contributed by atoms with E-state index in [-0.39, 0.29) is 23.5 Å². The van der Waals surface area contributed by atoms with Gasteiger partial charge in [0.05, 0.1) is 0 Å². The smallest absolute Gasteiger partial charge is 0.253 e. The third kappa shape index (κ3) is 3.62. The molecule has 1 unspecified atom stereocenters. The number of carbonyl (C=O) groups excluding carboxylic acids is 1. The molecule has 138 valence electrons. The minimum atomic E-state index is -1.93. The number of aromatic nitrogens is 1. The number of unbranched alkanes of at least 4 members (excludes halogenated alkanes) is 1. The van der Waals surface area contributed by atoms with Crippen LogP contribution < -0.4 is 14.3 Å². The van der Waals surface area contributed by atoms with Crippen LogP contribution >= 0.6 is 0 Å². The fourth-order valence-corrected chi connectivity index (χ4v) is 3.54. The van der Waals surface area contributed by atoms with Gasteiger partial charge >= 0.3 is 0 Å². The largest absolute Gasteiger partial charge is 0.506 e. The summed E-state index contributed by atoms with van der Waals surface area (Å²) in [6.45, 7) is 2.61. The van der Waals surface area contributed by atoms with Crippen molar-refractivity contribution in [2.75, 3.05) is 22.7 Å². The molecular weight excluding hydrogens is 359 g/mol. The van der Waals surface area contributed by atoms with E-state index >= 15 is 4.39 Å². The number of hydrogen-bond donors (Lipinski definition) is 3. The molecule has 2 aromatic rings. The number of nitrogens with zero attached hydrogens (tertiary/aromatic N) is 2. The Kier molecular flexibility index (Phi) is 5.36. The SMILES string of the molecule is CCCCNc1ccc(-c2ccc(O)c(N3CC(=O)NS3=O)c2F)cn1. The molecule has 26 heavy (non-hydrogen) atoms. The molecule has 1 saturated heterocycles. The zero-order valence-corrected chi connectivity index (χ0v) is 15.0. The summed E-state index contributed by atoms with van der Waals surface area (Å²) in [5.41, 5.74) is 0.431. The van der Waals surface area contributed by atoms with Gasteiger partial charge in [0.25, 0.3) is 5.91 Å². The van der Waals surface area contributed by atoms with Crippen LogP contribution in [0.1, 0.15) is 19.8 Å². The average Bonchev–Trinajstić information content (AvgIpc) is 2.94. The van der Waals surface area contributed by atoms with Gasteiger partial charge < -0.3 is 10.4 Å². The van der Waals surface area contributed by atoms with Crippen molar-refractivity contribution in [2.45, 2.75) is 19.8 Å². The van der Waals surface area contributed by atoms with Crippen LogP contribution in [0.3, 0.4) is 0 Å². The summed E-state index contributed by atoms with van der Waals surface area (Å²) in [5.74, 6) is -0.959. The van der Waals surface area contributed by atoms with Crippen molar-refractivity contribution in [1.82, 2.24) is 9.71 Å². The molecule has 0 aliphatic carbocycles. The summed E-state index contributed by atoms with van der Waals surface area (Å²) in [7, 11) is 0. The summed E-state index contributed by atoms with van der Waals surface area (Å²) in [6, 6.07) is 6.19. The van der Waals surface area contributed by atoms with E-state index in [0.29, 0.717) is 11.4 Å². The third-order valence-corrected chi connectivity index (χ3v) is 5.06. The number of hydrogen-bond acceptors (Lipinski definition) is 5. The fourth-order valence-electron chi connectivity index (χ4n) is 2.60. The number of nitrogens with one attached hydrogen (secondary N) is 2. The van der Waals surface area contributed by atoms with Crippen LogP contribution in [0.4, 0.5) is 15.9 Å². The van der Waals surface area contributed by atoms with Crippen molar-refractivity contribution in [3.63, 3.8) is 0 Å². The number of halogens is 1. The Hall–Kier alpha value is -2.68. The number of amides is 1. The maximum atomic E-state index is 15.0. The number of carbonyl (C=O) groups is 1. The summed E-state index contributed by atoms with van der Waals surface area (Å²) in [6.07, 6.45) is 3.62. The van der Waals surface area contributed by atoms with E-state index in [1.165, 1.54) is 18.3 Å². The highest BCUT2D eigenvalue weighted by molar-refractivity contribution is 7.85. The fraction of sp³-hybridized carbons (Fsp3) is 0.294. The van der Waals surface area contributed by atoms with E-state index in [4.69, 9.17) is 0 Å². The standard InChI is InChI=1S/C17H19FN4O3S/c1-2-3-8-19-14-7-4-11(9-20-14)12-5-6-13(23)17(16(12)18)22-10-15(24)21-26(22)25/h4-7,9,23H,2-3,8,10H2,1H3,(H,19,20)(H,21,24). The van der Waals surface area contributed by atoms with Gasteiger partial charge in [0.2, 0.25) is 11.2 Å². The van der Waals surface area contributed by atoms with Gasteiger partial charge in [-0.25, -0.2) is 13.6 Å². The summed E-state index contributed by atoms with van der Waals surface area (Å²) in [5, 5.41) is 13.2. The molecule has 1 aromatic heterocycles. The van der Waals surface area contributed by atoms with Gasteiger partial charge in [0.15, 0.2) is 5.82 Å². The average molecular weight is 378 g/mol. The molecule has 0 saturated carbocycles. The van der Waals surface area contributed by atoms with Gasteiger partial charge in [0.1, 0.15) is 23.8 Å². The second-order valence-electron chi connectivity index (χ2n) is 5.82. The van der Waals surface area contributed by atoms with Gasteiger partial charge in [-0.3, -0.25) is 13.8 Å². The van der Waals surface area contributed by atoms with Crippen LogP contribution in [0.5, 0.6) is 5.75 Å². The highest BCUT2D eigenvalue weighted by Gasteiger charge is 2.32. The summed E-state index contributed by atoms with van der Waals surface area (Å²) < 4.78 is 30.1. The molecule has 2 heterocycles. The lowest BCUT2D eigenvalue weighted by Gasteiger charge is -2.18. The minimum absolute atomic E-state index is 0.196. The Morgan fingerprint density at radius 3 is 2.81 bits per heavy atom. The van der Waals surface area contributed by atoms with Crippen molar-refractivity contribution >= 4 is 28.6 Å². The van der Waals surface area contributed by atoms with Crippen molar-refractivity contribution in [2.24, 2.45) is 0 Å². The number of phenols is 1. The van der Waals surface area contributed by atoms with Crippen molar-refractivity contribution in [3.8, 4) is 16.9 Å². The lowest BCUT2D eigenvalue weighted by Crippen LogP contribution is -2.23. The zero-order valence-electron chi connectivity index (χ0n) is 14.2. The first-order chi connectivity index (χ1) is 12.5. The molecule has 1 amide bonds. The third-order valence-electron chi connectivity index (χ3n) is 3.94. The molecule has 1 aliphatic heterocycles. The molecule has 9 heteroatoms. The van der Waals surface area contributed by atoms with Gasteiger partial charge in [-0.05, 0) is 30.7 Å². The number of aromatic hydroxyl groups is 1. The Balaban J connectivity index is 1.90. The van der Waals surface area contributed by atoms with Gasteiger partial charge in [-0.1, -0.05) is 13.3 Å². The Morgan fingerprint density at radius 2 is 2.19 bits per heavy atom. The van der Waals surface area contributed by atoms with Crippen molar-refractivity contribution in [1.29, 1.82) is 0 Å². The van der Waals surface area contributed by atoms with Crippen molar-refractivity contribution in [3.05, 3.63) is 36.3 Å². The van der Waals surface area contributed by atoms with Gasteiger partial charge in [0, 0.05) is 23.9 Å². The monoisotopic (exact) mass is 378 g/mol. The number of benzene rings is 1. The topological polar surface area (TPSA) is 94.6 Å². The highest BCUT2D eigenvalue weighted by Crippen LogP contribution is 2.38. The van der Waals surface area contributed by atoms with Gasteiger partial charge in [-0.2, -0.15) is 0 Å². The maximum absolute atomic E-state index is 15.0. The number of pyridine rings is 1. The first kappa shape index (κ1) is 18.1. The van der Waals surface area contributed by atoms with Gasteiger partial charge in [-0.15, -0.1) is 0 Å². The Bertz CT molecular complexity index is 845. The predicted octanol–water partition coefficient (Wildman–Crippen LogP) is 2.32. The van der Waals surface area contributed by atoms with E-state index in [1.54, 1.807) is 12.1 Å². The predicted molar refractivity (Wildman–Crippen MR) is 98.3 cm³/mol. The molecule has 1 atom stereocenters. The number of rotatable bonds is 6. The normalized spacial score (nSPS) is 16.6. The lowest BCUT2D eigenvalue weighted by atomic mass is 10.1. The van der Waals surface area contributed by atoms with Crippen molar-refractivity contribution < 1.29 is 18.5 Å². The molecule has 3 rings (SSSR count). The minimum Gasteiger partial charge on any atom is -0.506 e. The van der Waals surface area contributed by atoms with E-state index in [0.717, 1.165) is 23.7 Å². The number of anilines is 2. The lowest BCUT2D eigenvalue weighted by molar-refractivity contribution is -0.117. The van der Waals surface area contributed by atoms with Crippen LogP contribution in [-0.4, -0.2) is 33.3 Å². The van der Waals surface area contributed by atoms with Crippen LogP contribution in [0.25, 0.3) is 11.1 Å². The zero-order chi connectivity index (χ0) is 18.7. The maximum Gasteiger partial charge on any atom is 0.253 e. The second kappa shape index (κ2) is 7.69. The molecule has 0 bridgehead atoms. The van der Waals surface area contributed by atoms with Crippen LogP contribution in [0, 0.1) is 5.82 Å². The molecule has 1 aliphatic rings. The molecule has 1 aromatic carbocycles. The second-order valence-corrected chi connectivity index (χ2v) is 6.96. The Labute approximate surface area is 153 Å².